The maximum absolute atomic E-state index is 12.9. The molecule has 2 rings (SSSR count). The summed E-state index contributed by atoms with van der Waals surface area (Å²) >= 11 is 1.60. The molecule has 0 fully saturated rings. The molecule has 2 aromatic rings. The van der Waals surface area contributed by atoms with Gasteiger partial charge in [-0.3, -0.25) is 0 Å². The first-order valence-electron chi connectivity index (χ1n) is 4.37. The number of nitrogens with zero attached hydrogens (tertiary/aromatic N) is 1. The first-order chi connectivity index (χ1) is 6.66. The van der Waals surface area contributed by atoms with Crippen molar-refractivity contribution < 1.29 is 4.39 Å². The Balaban J connectivity index is 2.49. The molecular formula is C11H10FNS. The number of rotatable bonds is 1. The van der Waals surface area contributed by atoms with E-state index in [4.69, 9.17) is 0 Å². The molecular weight excluding hydrogens is 197 g/mol. The second-order valence-electron chi connectivity index (χ2n) is 3.17. The molecule has 0 saturated heterocycles. The third-order valence-electron chi connectivity index (χ3n) is 2.10. The van der Waals surface area contributed by atoms with Crippen molar-refractivity contribution in [3.8, 4) is 10.6 Å². The van der Waals surface area contributed by atoms with Crippen molar-refractivity contribution in [1.82, 2.24) is 4.98 Å². The molecule has 0 unspecified atom stereocenters. The third kappa shape index (κ3) is 1.68. The molecule has 0 spiro atoms. The van der Waals surface area contributed by atoms with Crippen LogP contribution in [0.2, 0.25) is 0 Å². The van der Waals surface area contributed by atoms with E-state index in [0.29, 0.717) is 0 Å². The SMILES string of the molecule is Cc1nc(-c2cccc(F)c2)sc1C. The third-order valence-corrected chi connectivity index (χ3v) is 3.22. The smallest absolute Gasteiger partial charge is 0.123 e. The Morgan fingerprint density at radius 1 is 1.29 bits per heavy atom. The van der Waals surface area contributed by atoms with Gasteiger partial charge in [-0.1, -0.05) is 12.1 Å². The zero-order chi connectivity index (χ0) is 10.1. The molecule has 72 valence electrons. The summed E-state index contributed by atoms with van der Waals surface area (Å²) < 4.78 is 12.9. The molecule has 0 radical (unpaired) electrons. The zero-order valence-corrected chi connectivity index (χ0v) is 8.86. The van der Waals surface area contributed by atoms with Gasteiger partial charge < -0.3 is 0 Å². The Morgan fingerprint density at radius 2 is 2.07 bits per heavy atom. The lowest BCUT2D eigenvalue weighted by atomic mass is 10.2. The molecule has 1 aromatic carbocycles. The Labute approximate surface area is 86.2 Å². The molecule has 0 saturated carbocycles. The first kappa shape index (κ1) is 9.34. The number of hydrogen-bond donors (Lipinski definition) is 0. The van der Waals surface area contributed by atoms with E-state index in [0.717, 1.165) is 16.3 Å². The van der Waals surface area contributed by atoms with Crippen molar-refractivity contribution in [3.63, 3.8) is 0 Å². The fourth-order valence-corrected chi connectivity index (χ4v) is 2.13. The molecule has 1 aromatic heterocycles. The van der Waals surface area contributed by atoms with Crippen LogP contribution in [0.25, 0.3) is 10.6 Å². The molecule has 0 N–H and O–H groups in total. The van der Waals surface area contributed by atoms with Gasteiger partial charge in [-0.25, -0.2) is 9.37 Å². The summed E-state index contributed by atoms with van der Waals surface area (Å²) in [7, 11) is 0. The van der Waals surface area contributed by atoms with Crippen molar-refractivity contribution >= 4 is 11.3 Å². The highest BCUT2D eigenvalue weighted by atomic mass is 32.1. The molecule has 1 nitrogen and oxygen atoms in total. The van der Waals surface area contributed by atoms with Gasteiger partial charge in [-0.2, -0.15) is 0 Å². The summed E-state index contributed by atoms with van der Waals surface area (Å²) in [5.41, 5.74) is 1.88. The van der Waals surface area contributed by atoms with E-state index >= 15 is 0 Å². The van der Waals surface area contributed by atoms with Crippen LogP contribution in [0.4, 0.5) is 4.39 Å². The molecule has 0 aliphatic heterocycles. The Kier molecular flexibility index (Phi) is 2.33. The highest BCUT2D eigenvalue weighted by Crippen LogP contribution is 2.27. The van der Waals surface area contributed by atoms with Crippen molar-refractivity contribution in [1.29, 1.82) is 0 Å². The molecule has 0 bridgehead atoms. The standard InChI is InChI=1S/C11H10FNS/c1-7-8(2)14-11(13-7)9-4-3-5-10(12)6-9/h3-6H,1-2H3. The maximum Gasteiger partial charge on any atom is 0.123 e. The van der Waals surface area contributed by atoms with Crippen molar-refractivity contribution in [2.75, 3.05) is 0 Å². The molecule has 3 heteroatoms. The van der Waals surface area contributed by atoms with Gasteiger partial charge in [0.15, 0.2) is 0 Å². The van der Waals surface area contributed by atoms with Crippen molar-refractivity contribution in [3.05, 3.63) is 40.7 Å². The van der Waals surface area contributed by atoms with E-state index in [1.165, 1.54) is 17.0 Å². The molecule has 14 heavy (non-hydrogen) atoms. The van der Waals surface area contributed by atoms with E-state index in [9.17, 15) is 4.39 Å². The minimum atomic E-state index is -0.215. The lowest BCUT2D eigenvalue weighted by Crippen LogP contribution is -1.79. The summed E-state index contributed by atoms with van der Waals surface area (Å²) in [6.07, 6.45) is 0. The van der Waals surface area contributed by atoms with Crippen LogP contribution in [0, 0.1) is 19.7 Å². The second-order valence-corrected chi connectivity index (χ2v) is 4.37. The summed E-state index contributed by atoms with van der Waals surface area (Å²) in [5, 5.41) is 0.888. The van der Waals surface area contributed by atoms with Gasteiger partial charge in [0, 0.05) is 10.4 Å². The predicted molar refractivity (Wildman–Crippen MR) is 57.0 cm³/mol. The lowest BCUT2D eigenvalue weighted by molar-refractivity contribution is 0.628. The van der Waals surface area contributed by atoms with Crippen LogP contribution >= 0.6 is 11.3 Å². The molecule has 0 amide bonds. The minimum absolute atomic E-state index is 0.215. The normalized spacial score (nSPS) is 10.5. The van der Waals surface area contributed by atoms with Crippen molar-refractivity contribution in [2.45, 2.75) is 13.8 Å². The first-order valence-corrected chi connectivity index (χ1v) is 5.18. The van der Waals surface area contributed by atoms with Gasteiger partial charge >= 0.3 is 0 Å². The lowest BCUT2D eigenvalue weighted by Gasteiger charge is -1.94. The molecule has 0 aliphatic carbocycles. The monoisotopic (exact) mass is 207 g/mol. The number of aryl methyl sites for hydroxylation is 2. The summed E-state index contributed by atoms with van der Waals surface area (Å²) in [6, 6.07) is 6.53. The van der Waals surface area contributed by atoms with Gasteiger partial charge in [0.1, 0.15) is 10.8 Å². The minimum Gasteiger partial charge on any atom is -0.241 e. The number of benzene rings is 1. The summed E-state index contributed by atoms with van der Waals surface area (Å²) in [4.78, 5) is 5.56. The van der Waals surface area contributed by atoms with E-state index in [-0.39, 0.29) is 5.82 Å². The predicted octanol–water partition coefficient (Wildman–Crippen LogP) is 3.57. The topological polar surface area (TPSA) is 12.9 Å². The number of aromatic nitrogens is 1. The largest absolute Gasteiger partial charge is 0.241 e. The Bertz CT molecular complexity index is 443. The fraction of sp³-hybridized carbons (Fsp3) is 0.182. The van der Waals surface area contributed by atoms with Gasteiger partial charge in [0.2, 0.25) is 0 Å². The van der Waals surface area contributed by atoms with Crippen LogP contribution in [0.3, 0.4) is 0 Å². The van der Waals surface area contributed by atoms with E-state index < -0.39 is 0 Å². The molecule has 0 atom stereocenters. The average Bonchev–Trinajstić information content (AvgIpc) is 2.47. The fourth-order valence-electron chi connectivity index (χ4n) is 1.22. The number of thiazole rings is 1. The van der Waals surface area contributed by atoms with Crippen LogP contribution in [0.1, 0.15) is 10.6 Å². The van der Waals surface area contributed by atoms with Gasteiger partial charge in [0.25, 0.3) is 0 Å². The zero-order valence-electron chi connectivity index (χ0n) is 8.04. The second kappa shape index (κ2) is 3.50. The highest BCUT2D eigenvalue weighted by molar-refractivity contribution is 7.15. The van der Waals surface area contributed by atoms with Crippen LogP contribution < -0.4 is 0 Å². The van der Waals surface area contributed by atoms with E-state index in [1.807, 2.05) is 19.9 Å². The Morgan fingerprint density at radius 3 is 2.64 bits per heavy atom. The van der Waals surface area contributed by atoms with E-state index in [2.05, 4.69) is 4.98 Å². The summed E-state index contributed by atoms with van der Waals surface area (Å²) in [6.45, 7) is 3.99. The quantitative estimate of drug-likeness (QED) is 0.696. The van der Waals surface area contributed by atoms with Gasteiger partial charge in [-0.15, -0.1) is 11.3 Å². The van der Waals surface area contributed by atoms with Crippen LogP contribution in [0.15, 0.2) is 24.3 Å². The number of hydrogen-bond acceptors (Lipinski definition) is 2. The Hall–Kier alpha value is -1.22. The van der Waals surface area contributed by atoms with Gasteiger partial charge in [0.05, 0.1) is 5.69 Å². The van der Waals surface area contributed by atoms with Crippen molar-refractivity contribution in [2.24, 2.45) is 0 Å². The number of halogens is 1. The van der Waals surface area contributed by atoms with Gasteiger partial charge in [-0.05, 0) is 26.0 Å². The van der Waals surface area contributed by atoms with Crippen LogP contribution in [0.5, 0.6) is 0 Å². The highest BCUT2D eigenvalue weighted by Gasteiger charge is 2.06. The summed E-state index contributed by atoms with van der Waals surface area (Å²) in [5.74, 6) is -0.215. The maximum atomic E-state index is 12.9. The molecule has 0 aliphatic rings. The molecule has 1 heterocycles. The average molecular weight is 207 g/mol. The van der Waals surface area contributed by atoms with E-state index in [1.54, 1.807) is 17.4 Å². The van der Waals surface area contributed by atoms with Crippen LogP contribution in [-0.2, 0) is 0 Å². The van der Waals surface area contributed by atoms with Crippen LogP contribution in [-0.4, -0.2) is 4.98 Å².